The average Bonchev–Trinajstić information content (AvgIpc) is 2.96. The first kappa shape index (κ1) is 14.1. The normalized spacial score (nSPS) is 18.4. The van der Waals surface area contributed by atoms with E-state index in [1.807, 2.05) is 18.2 Å². The summed E-state index contributed by atoms with van der Waals surface area (Å²) in [7, 11) is 1.77. The summed E-state index contributed by atoms with van der Waals surface area (Å²) in [6.07, 6.45) is 1.16. The second-order valence-corrected chi connectivity index (χ2v) is 5.47. The van der Waals surface area contributed by atoms with Crippen LogP contribution in [-0.2, 0) is 4.74 Å². The van der Waals surface area contributed by atoms with E-state index in [2.05, 4.69) is 28.2 Å². The molecule has 5 heteroatoms. The number of nitrogens with one attached hydrogen (secondary N) is 1. The molecule has 1 aliphatic rings. The third-order valence-corrected chi connectivity index (χ3v) is 3.91. The molecule has 0 amide bonds. The Morgan fingerprint density at radius 1 is 1.33 bits per heavy atom. The minimum atomic E-state index is 0.589. The van der Waals surface area contributed by atoms with E-state index in [0.717, 1.165) is 49.4 Å². The van der Waals surface area contributed by atoms with Crippen LogP contribution in [0.1, 0.15) is 13.3 Å². The van der Waals surface area contributed by atoms with E-state index in [1.165, 1.54) is 0 Å². The zero-order valence-electron chi connectivity index (χ0n) is 12.7. The number of nitrogens with zero attached hydrogens (tertiary/aromatic N) is 3. The molecule has 0 radical (unpaired) electrons. The van der Waals surface area contributed by atoms with Crippen molar-refractivity contribution in [2.75, 3.05) is 43.6 Å². The first-order chi connectivity index (χ1) is 10.3. The molecule has 2 aromatic rings. The number of rotatable bonds is 5. The lowest BCUT2D eigenvalue weighted by molar-refractivity contribution is 0.161. The van der Waals surface area contributed by atoms with Crippen LogP contribution in [0.4, 0.5) is 11.8 Å². The van der Waals surface area contributed by atoms with Crippen molar-refractivity contribution in [3.05, 3.63) is 24.3 Å². The fraction of sp³-hybridized carbons (Fsp3) is 0.500. The van der Waals surface area contributed by atoms with E-state index in [-0.39, 0.29) is 0 Å². The molecule has 1 fully saturated rings. The van der Waals surface area contributed by atoms with E-state index in [9.17, 15) is 0 Å². The maximum Gasteiger partial charge on any atom is 0.225 e. The number of hydrogen-bond donors (Lipinski definition) is 1. The van der Waals surface area contributed by atoms with Crippen molar-refractivity contribution in [2.24, 2.45) is 5.92 Å². The highest BCUT2D eigenvalue weighted by molar-refractivity contribution is 5.90. The van der Waals surface area contributed by atoms with Gasteiger partial charge in [0.15, 0.2) is 0 Å². The summed E-state index contributed by atoms with van der Waals surface area (Å²) in [5.74, 6) is 2.34. The molecule has 2 heterocycles. The maximum atomic E-state index is 5.29. The van der Waals surface area contributed by atoms with Crippen molar-refractivity contribution in [2.45, 2.75) is 13.3 Å². The highest BCUT2D eigenvalue weighted by atomic mass is 16.5. The van der Waals surface area contributed by atoms with Crippen LogP contribution in [0.3, 0.4) is 0 Å². The molecule has 21 heavy (non-hydrogen) atoms. The van der Waals surface area contributed by atoms with Gasteiger partial charge in [0.2, 0.25) is 5.95 Å². The zero-order valence-corrected chi connectivity index (χ0v) is 12.7. The molecule has 0 saturated carbocycles. The van der Waals surface area contributed by atoms with Gasteiger partial charge in [-0.25, -0.2) is 4.98 Å². The summed E-state index contributed by atoms with van der Waals surface area (Å²) >= 11 is 0. The van der Waals surface area contributed by atoms with Gasteiger partial charge < -0.3 is 15.0 Å². The number of para-hydroxylation sites is 1. The van der Waals surface area contributed by atoms with E-state index >= 15 is 0 Å². The molecule has 1 saturated heterocycles. The van der Waals surface area contributed by atoms with Crippen molar-refractivity contribution >= 4 is 22.7 Å². The molecule has 1 aromatic heterocycles. The highest BCUT2D eigenvalue weighted by Gasteiger charge is 2.25. The fourth-order valence-corrected chi connectivity index (χ4v) is 2.93. The van der Waals surface area contributed by atoms with Crippen LogP contribution in [0.15, 0.2) is 24.3 Å². The van der Waals surface area contributed by atoms with Crippen LogP contribution in [0.5, 0.6) is 0 Å². The molecular formula is C16H22N4O. The van der Waals surface area contributed by atoms with Crippen molar-refractivity contribution in [3.8, 4) is 0 Å². The number of methoxy groups -OCH3 is 1. The van der Waals surface area contributed by atoms with Crippen molar-refractivity contribution in [3.63, 3.8) is 0 Å². The molecule has 1 N–H and O–H groups in total. The Hall–Kier alpha value is -1.88. The van der Waals surface area contributed by atoms with Crippen LogP contribution in [0, 0.1) is 5.92 Å². The summed E-state index contributed by atoms with van der Waals surface area (Å²) in [4.78, 5) is 11.7. The van der Waals surface area contributed by atoms with Gasteiger partial charge in [0, 0.05) is 38.0 Å². The third kappa shape index (κ3) is 2.93. The minimum Gasteiger partial charge on any atom is -0.384 e. The van der Waals surface area contributed by atoms with Crippen molar-refractivity contribution in [1.29, 1.82) is 0 Å². The lowest BCUT2D eigenvalue weighted by atomic mass is 10.1. The predicted molar refractivity (Wildman–Crippen MR) is 85.9 cm³/mol. The van der Waals surface area contributed by atoms with Gasteiger partial charge in [-0.15, -0.1) is 0 Å². The van der Waals surface area contributed by atoms with Crippen LogP contribution in [0.25, 0.3) is 10.9 Å². The molecule has 1 aromatic carbocycles. The summed E-state index contributed by atoms with van der Waals surface area (Å²) in [6.45, 7) is 5.73. The van der Waals surface area contributed by atoms with E-state index in [4.69, 9.17) is 9.72 Å². The number of ether oxygens (including phenoxy) is 1. The second-order valence-electron chi connectivity index (χ2n) is 5.47. The van der Waals surface area contributed by atoms with Crippen LogP contribution < -0.4 is 10.2 Å². The molecule has 0 aliphatic carbocycles. The zero-order chi connectivity index (χ0) is 14.7. The standard InChI is InChI=1S/C16H22N4O/c1-3-17-16-18-14-7-5-4-6-13(14)15(19-16)20-9-8-12(10-20)11-21-2/h4-7,12H,3,8-11H2,1-2H3,(H,17,18,19). The van der Waals surface area contributed by atoms with Gasteiger partial charge in [-0.05, 0) is 25.5 Å². The van der Waals surface area contributed by atoms with Gasteiger partial charge in [-0.2, -0.15) is 4.98 Å². The third-order valence-electron chi connectivity index (χ3n) is 3.91. The van der Waals surface area contributed by atoms with Gasteiger partial charge in [0.05, 0.1) is 12.1 Å². The number of aromatic nitrogens is 2. The summed E-state index contributed by atoms with van der Waals surface area (Å²) in [5.41, 5.74) is 0.994. The van der Waals surface area contributed by atoms with E-state index in [0.29, 0.717) is 11.9 Å². The molecule has 3 rings (SSSR count). The quantitative estimate of drug-likeness (QED) is 0.915. The molecule has 1 aliphatic heterocycles. The number of hydrogen-bond acceptors (Lipinski definition) is 5. The minimum absolute atomic E-state index is 0.589. The SMILES string of the molecule is CCNc1nc(N2CCC(COC)C2)c2ccccc2n1. The molecule has 112 valence electrons. The second kappa shape index (κ2) is 6.26. The van der Waals surface area contributed by atoms with Gasteiger partial charge in [0.25, 0.3) is 0 Å². The Morgan fingerprint density at radius 3 is 3.00 bits per heavy atom. The summed E-state index contributed by atoms with van der Waals surface area (Å²) < 4.78 is 5.29. The lowest BCUT2D eigenvalue weighted by Gasteiger charge is -2.20. The first-order valence-corrected chi connectivity index (χ1v) is 7.56. The molecular weight excluding hydrogens is 264 g/mol. The molecule has 0 bridgehead atoms. The maximum absolute atomic E-state index is 5.29. The van der Waals surface area contributed by atoms with E-state index < -0.39 is 0 Å². The Balaban J connectivity index is 1.96. The van der Waals surface area contributed by atoms with Crippen LogP contribution in [-0.4, -0.2) is 43.3 Å². The Bertz CT molecular complexity index is 616. The molecule has 1 atom stereocenters. The van der Waals surface area contributed by atoms with Crippen LogP contribution in [0.2, 0.25) is 0 Å². The van der Waals surface area contributed by atoms with Crippen molar-refractivity contribution < 1.29 is 4.74 Å². The largest absolute Gasteiger partial charge is 0.384 e. The number of benzene rings is 1. The highest BCUT2D eigenvalue weighted by Crippen LogP contribution is 2.29. The molecule has 5 nitrogen and oxygen atoms in total. The average molecular weight is 286 g/mol. The van der Waals surface area contributed by atoms with Gasteiger partial charge in [0.1, 0.15) is 5.82 Å². The Labute approximate surface area is 125 Å². The lowest BCUT2D eigenvalue weighted by Crippen LogP contribution is -2.23. The number of fused-ring (bicyclic) bond motifs is 1. The van der Waals surface area contributed by atoms with E-state index in [1.54, 1.807) is 7.11 Å². The predicted octanol–water partition coefficient (Wildman–Crippen LogP) is 2.53. The summed E-state index contributed by atoms with van der Waals surface area (Å²) in [6, 6.07) is 8.21. The fourth-order valence-electron chi connectivity index (χ4n) is 2.93. The first-order valence-electron chi connectivity index (χ1n) is 7.56. The van der Waals surface area contributed by atoms with Gasteiger partial charge >= 0.3 is 0 Å². The monoisotopic (exact) mass is 286 g/mol. The molecule has 1 unspecified atom stereocenters. The smallest absolute Gasteiger partial charge is 0.225 e. The van der Waals surface area contributed by atoms with Gasteiger partial charge in [-0.3, -0.25) is 0 Å². The van der Waals surface area contributed by atoms with Gasteiger partial charge in [-0.1, -0.05) is 12.1 Å². The Kier molecular flexibility index (Phi) is 4.20. The number of anilines is 2. The van der Waals surface area contributed by atoms with Crippen LogP contribution >= 0.6 is 0 Å². The Morgan fingerprint density at radius 2 is 2.19 bits per heavy atom. The summed E-state index contributed by atoms with van der Waals surface area (Å²) in [5, 5.41) is 4.35. The molecule has 0 spiro atoms. The topological polar surface area (TPSA) is 50.3 Å². The van der Waals surface area contributed by atoms with Crippen molar-refractivity contribution in [1.82, 2.24) is 9.97 Å².